The highest BCUT2D eigenvalue weighted by Crippen LogP contribution is 2.38. The molecule has 0 fully saturated rings. The van der Waals surface area contributed by atoms with E-state index in [1.54, 1.807) is 48.5 Å². The standard InChI is InChI=1S/C25H14Cl3FN2O/c26-18-3-1-2-15(10-18)14-32-25-17(13-30)11-22(16-4-7-20(29)8-5-16)24(31-25)21-9-6-19(27)12-23(21)28/h1-12H,14H2. The summed E-state index contributed by atoms with van der Waals surface area (Å²) in [5.41, 5.74) is 3.45. The van der Waals surface area contributed by atoms with E-state index < -0.39 is 0 Å². The van der Waals surface area contributed by atoms with Crippen LogP contribution in [0.2, 0.25) is 15.1 Å². The van der Waals surface area contributed by atoms with Crippen molar-refractivity contribution in [3.63, 3.8) is 0 Å². The second-order valence-electron chi connectivity index (χ2n) is 6.90. The number of halogens is 4. The minimum atomic E-state index is -0.366. The molecule has 0 N–H and O–H groups in total. The van der Waals surface area contributed by atoms with Crippen molar-refractivity contribution < 1.29 is 9.13 Å². The lowest BCUT2D eigenvalue weighted by molar-refractivity contribution is 0.293. The Morgan fingerprint density at radius 2 is 1.62 bits per heavy atom. The fourth-order valence-corrected chi connectivity index (χ4v) is 3.91. The highest BCUT2D eigenvalue weighted by molar-refractivity contribution is 6.36. The van der Waals surface area contributed by atoms with Gasteiger partial charge in [-0.25, -0.2) is 9.37 Å². The molecule has 3 nitrogen and oxygen atoms in total. The van der Waals surface area contributed by atoms with E-state index in [1.807, 2.05) is 12.1 Å². The number of ether oxygens (including phenoxy) is 1. The van der Waals surface area contributed by atoms with E-state index in [1.165, 1.54) is 12.1 Å². The molecule has 0 saturated carbocycles. The second-order valence-corrected chi connectivity index (χ2v) is 8.18. The molecule has 0 atom stereocenters. The Morgan fingerprint density at radius 1 is 0.875 bits per heavy atom. The van der Waals surface area contributed by atoms with Crippen molar-refractivity contribution in [3.05, 3.63) is 105 Å². The van der Waals surface area contributed by atoms with E-state index >= 15 is 0 Å². The van der Waals surface area contributed by atoms with Crippen LogP contribution in [0, 0.1) is 17.1 Å². The zero-order valence-electron chi connectivity index (χ0n) is 16.4. The number of rotatable bonds is 5. The predicted molar refractivity (Wildman–Crippen MR) is 126 cm³/mol. The first-order valence-corrected chi connectivity index (χ1v) is 10.6. The summed E-state index contributed by atoms with van der Waals surface area (Å²) >= 11 is 18.6. The van der Waals surface area contributed by atoms with Gasteiger partial charge in [0.25, 0.3) is 0 Å². The maximum atomic E-state index is 13.5. The summed E-state index contributed by atoms with van der Waals surface area (Å²) in [6, 6.07) is 22.0. The van der Waals surface area contributed by atoms with E-state index in [4.69, 9.17) is 39.5 Å². The molecule has 4 rings (SSSR count). The third kappa shape index (κ3) is 4.87. The summed E-state index contributed by atoms with van der Waals surface area (Å²) in [5, 5.41) is 11.2. The van der Waals surface area contributed by atoms with Crippen molar-refractivity contribution in [1.82, 2.24) is 4.98 Å². The second kappa shape index (κ2) is 9.58. The molecule has 0 aliphatic carbocycles. The molecule has 0 unspecified atom stereocenters. The lowest BCUT2D eigenvalue weighted by Gasteiger charge is -2.15. The highest BCUT2D eigenvalue weighted by atomic mass is 35.5. The number of nitriles is 1. The normalized spacial score (nSPS) is 10.6. The van der Waals surface area contributed by atoms with Crippen LogP contribution in [-0.2, 0) is 6.61 Å². The van der Waals surface area contributed by atoms with Gasteiger partial charge in [-0.2, -0.15) is 5.26 Å². The van der Waals surface area contributed by atoms with Gasteiger partial charge in [0.1, 0.15) is 24.1 Å². The van der Waals surface area contributed by atoms with Crippen LogP contribution in [0.15, 0.2) is 72.8 Å². The predicted octanol–water partition coefficient (Wildman–Crippen LogP) is 7.97. The first kappa shape index (κ1) is 22.1. The number of nitrogens with zero attached hydrogens (tertiary/aromatic N) is 2. The van der Waals surface area contributed by atoms with Crippen molar-refractivity contribution in [1.29, 1.82) is 5.26 Å². The van der Waals surface area contributed by atoms with Crippen molar-refractivity contribution in [2.45, 2.75) is 6.61 Å². The largest absolute Gasteiger partial charge is 0.472 e. The maximum Gasteiger partial charge on any atom is 0.232 e. The first-order chi connectivity index (χ1) is 15.4. The molecule has 0 aliphatic rings. The molecule has 0 radical (unpaired) electrons. The monoisotopic (exact) mass is 482 g/mol. The van der Waals surface area contributed by atoms with Crippen LogP contribution in [-0.4, -0.2) is 4.98 Å². The fourth-order valence-electron chi connectivity index (χ4n) is 3.20. The van der Waals surface area contributed by atoms with E-state index in [-0.39, 0.29) is 23.9 Å². The van der Waals surface area contributed by atoms with Crippen LogP contribution in [0.25, 0.3) is 22.4 Å². The lowest BCUT2D eigenvalue weighted by atomic mass is 9.97. The Kier molecular flexibility index (Phi) is 6.62. The number of hydrogen-bond acceptors (Lipinski definition) is 3. The average molecular weight is 484 g/mol. The van der Waals surface area contributed by atoms with Crippen LogP contribution in [0.4, 0.5) is 4.39 Å². The van der Waals surface area contributed by atoms with Gasteiger partial charge in [0.15, 0.2) is 0 Å². The minimum Gasteiger partial charge on any atom is -0.472 e. The van der Waals surface area contributed by atoms with Crippen LogP contribution in [0.1, 0.15) is 11.1 Å². The van der Waals surface area contributed by atoms with Crippen LogP contribution in [0.5, 0.6) is 5.88 Å². The van der Waals surface area contributed by atoms with Crippen molar-refractivity contribution in [2.24, 2.45) is 0 Å². The Bertz CT molecular complexity index is 1330. The SMILES string of the molecule is N#Cc1cc(-c2ccc(F)cc2)c(-c2ccc(Cl)cc2Cl)nc1OCc1cccc(Cl)c1. The van der Waals surface area contributed by atoms with Crippen LogP contribution < -0.4 is 4.74 Å². The lowest BCUT2D eigenvalue weighted by Crippen LogP contribution is -2.02. The average Bonchev–Trinajstić information content (AvgIpc) is 2.78. The molecule has 32 heavy (non-hydrogen) atoms. The molecule has 0 aliphatic heterocycles. The summed E-state index contributed by atoms with van der Waals surface area (Å²) in [5.74, 6) is -0.214. The zero-order valence-corrected chi connectivity index (χ0v) is 18.7. The summed E-state index contributed by atoms with van der Waals surface area (Å²) in [4.78, 5) is 4.64. The van der Waals surface area contributed by atoms with E-state index in [0.717, 1.165) is 5.56 Å². The van der Waals surface area contributed by atoms with Gasteiger partial charge in [0.2, 0.25) is 5.88 Å². The molecule has 4 aromatic rings. The van der Waals surface area contributed by atoms with Crippen molar-refractivity contribution in [3.8, 4) is 34.3 Å². The summed E-state index contributed by atoms with van der Waals surface area (Å²) in [6.07, 6.45) is 0. The van der Waals surface area contributed by atoms with Crippen LogP contribution in [0.3, 0.4) is 0 Å². The van der Waals surface area contributed by atoms with Gasteiger partial charge in [-0.3, -0.25) is 0 Å². The number of pyridine rings is 1. The minimum absolute atomic E-state index is 0.152. The topological polar surface area (TPSA) is 45.9 Å². The van der Waals surface area contributed by atoms with Gasteiger partial charge in [-0.15, -0.1) is 0 Å². The van der Waals surface area contributed by atoms with Gasteiger partial charge < -0.3 is 4.74 Å². The summed E-state index contributed by atoms with van der Waals surface area (Å²) in [6.45, 7) is 0.173. The first-order valence-electron chi connectivity index (χ1n) is 9.48. The Balaban J connectivity index is 1.84. The Labute approximate surface area is 199 Å². The van der Waals surface area contributed by atoms with Gasteiger partial charge in [0.05, 0.1) is 10.7 Å². The molecule has 7 heteroatoms. The molecule has 0 bridgehead atoms. The molecule has 0 saturated heterocycles. The molecule has 3 aromatic carbocycles. The van der Waals surface area contributed by atoms with Gasteiger partial charge in [0, 0.05) is 21.2 Å². The third-order valence-corrected chi connectivity index (χ3v) is 5.50. The number of hydrogen-bond donors (Lipinski definition) is 0. The molecule has 158 valence electrons. The summed E-state index contributed by atoms with van der Waals surface area (Å²) < 4.78 is 19.4. The van der Waals surface area contributed by atoms with Gasteiger partial charge in [-0.05, 0) is 59.7 Å². The van der Waals surface area contributed by atoms with Gasteiger partial charge in [-0.1, -0.05) is 59.1 Å². The highest BCUT2D eigenvalue weighted by Gasteiger charge is 2.18. The van der Waals surface area contributed by atoms with Crippen molar-refractivity contribution >= 4 is 34.8 Å². The van der Waals surface area contributed by atoms with E-state index in [0.29, 0.717) is 37.5 Å². The van der Waals surface area contributed by atoms with Gasteiger partial charge >= 0.3 is 0 Å². The molecule has 0 amide bonds. The summed E-state index contributed by atoms with van der Waals surface area (Å²) in [7, 11) is 0. The molecular formula is C25H14Cl3FN2O. The van der Waals surface area contributed by atoms with Crippen LogP contribution >= 0.6 is 34.8 Å². The Hall–Kier alpha value is -3.10. The van der Waals surface area contributed by atoms with E-state index in [9.17, 15) is 9.65 Å². The maximum absolute atomic E-state index is 13.5. The number of aromatic nitrogens is 1. The molecule has 1 aromatic heterocycles. The molecule has 1 heterocycles. The van der Waals surface area contributed by atoms with Crippen molar-refractivity contribution in [2.75, 3.05) is 0 Å². The van der Waals surface area contributed by atoms with E-state index in [2.05, 4.69) is 11.1 Å². The quantitative estimate of drug-likeness (QED) is 0.289. The smallest absolute Gasteiger partial charge is 0.232 e. The third-order valence-electron chi connectivity index (χ3n) is 4.71. The number of benzene rings is 3. The Morgan fingerprint density at radius 3 is 2.31 bits per heavy atom. The zero-order chi connectivity index (χ0) is 22.7. The molecule has 0 spiro atoms. The molecular weight excluding hydrogens is 470 g/mol. The fraction of sp³-hybridized carbons (Fsp3) is 0.0400.